The van der Waals surface area contributed by atoms with Crippen LogP contribution in [0.5, 0.6) is 0 Å². The Morgan fingerprint density at radius 2 is 1.54 bits per heavy atom. The van der Waals surface area contributed by atoms with Gasteiger partial charge in [-0.2, -0.15) is 0 Å². The Balaban J connectivity index is 2.06. The molecule has 0 bridgehead atoms. The maximum Gasteiger partial charge on any atom is 0.264 e. The molecular weight excluding hydrogens is 510 g/mol. The van der Waals surface area contributed by atoms with Crippen molar-refractivity contribution in [3.63, 3.8) is 0 Å². The molecule has 39 heavy (non-hydrogen) atoms. The third-order valence-corrected chi connectivity index (χ3v) is 8.68. The summed E-state index contributed by atoms with van der Waals surface area (Å²) in [6.07, 6.45) is 1.14. The molecular formula is C31H39N3O4S. The third-order valence-electron chi connectivity index (χ3n) is 6.89. The molecule has 3 rings (SSSR count). The first-order valence-electron chi connectivity index (χ1n) is 13.4. The van der Waals surface area contributed by atoms with Gasteiger partial charge in [0.15, 0.2) is 0 Å². The van der Waals surface area contributed by atoms with E-state index in [1.807, 2.05) is 65.0 Å². The van der Waals surface area contributed by atoms with E-state index in [0.717, 1.165) is 27.4 Å². The van der Waals surface area contributed by atoms with Crippen molar-refractivity contribution < 1.29 is 18.0 Å². The minimum atomic E-state index is -4.07. The van der Waals surface area contributed by atoms with Gasteiger partial charge in [0.2, 0.25) is 11.8 Å². The molecule has 0 radical (unpaired) electrons. The van der Waals surface area contributed by atoms with E-state index >= 15 is 0 Å². The van der Waals surface area contributed by atoms with Crippen LogP contribution in [0.25, 0.3) is 0 Å². The molecule has 0 aromatic heterocycles. The summed E-state index contributed by atoms with van der Waals surface area (Å²) in [5.41, 5.74) is 3.14. The number of carbonyl (C=O) groups excluding carboxylic acids is 2. The van der Waals surface area contributed by atoms with Crippen molar-refractivity contribution in [2.75, 3.05) is 10.8 Å². The maximum atomic E-state index is 14.1. The van der Waals surface area contributed by atoms with Crippen LogP contribution >= 0.6 is 0 Å². The lowest BCUT2D eigenvalue weighted by molar-refractivity contribution is -0.140. The highest BCUT2D eigenvalue weighted by atomic mass is 32.2. The van der Waals surface area contributed by atoms with E-state index < -0.39 is 28.5 Å². The predicted octanol–water partition coefficient (Wildman–Crippen LogP) is 5.22. The van der Waals surface area contributed by atoms with Crippen molar-refractivity contribution in [1.82, 2.24) is 10.2 Å². The fourth-order valence-electron chi connectivity index (χ4n) is 4.36. The lowest BCUT2D eigenvalue weighted by Gasteiger charge is -2.34. The number of nitrogens with zero attached hydrogens (tertiary/aromatic N) is 2. The Morgan fingerprint density at radius 1 is 0.872 bits per heavy atom. The largest absolute Gasteiger partial charge is 0.352 e. The molecule has 2 atom stereocenters. The molecule has 208 valence electrons. The van der Waals surface area contributed by atoms with Crippen LogP contribution < -0.4 is 9.62 Å². The summed E-state index contributed by atoms with van der Waals surface area (Å²) in [7, 11) is -4.07. The molecule has 2 amide bonds. The van der Waals surface area contributed by atoms with Crippen LogP contribution in [0.15, 0.2) is 83.8 Å². The van der Waals surface area contributed by atoms with Gasteiger partial charge in [-0.05, 0) is 74.6 Å². The number of carbonyl (C=O) groups is 2. The topological polar surface area (TPSA) is 86.8 Å². The van der Waals surface area contributed by atoms with Gasteiger partial charge >= 0.3 is 0 Å². The molecule has 0 fully saturated rings. The lowest BCUT2D eigenvalue weighted by Crippen LogP contribution is -2.53. The van der Waals surface area contributed by atoms with E-state index in [-0.39, 0.29) is 23.4 Å². The first-order chi connectivity index (χ1) is 18.6. The van der Waals surface area contributed by atoms with Gasteiger partial charge in [0.25, 0.3) is 10.0 Å². The third kappa shape index (κ3) is 7.47. The second-order valence-electron chi connectivity index (χ2n) is 9.85. The number of anilines is 1. The monoisotopic (exact) mass is 549 g/mol. The number of nitrogens with one attached hydrogen (secondary N) is 1. The van der Waals surface area contributed by atoms with Gasteiger partial charge in [0.05, 0.1) is 10.6 Å². The van der Waals surface area contributed by atoms with Gasteiger partial charge in [-0.1, -0.05) is 68.4 Å². The van der Waals surface area contributed by atoms with Crippen molar-refractivity contribution in [3.8, 4) is 0 Å². The molecule has 0 heterocycles. The first kappa shape index (κ1) is 29.9. The number of aryl methyl sites for hydroxylation is 2. The lowest BCUT2D eigenvalue weighted by atomic mass is 10.1. The standard InChI is InChI=1S/C31H39N3O4S/c1-6-25(5)32-31(36)29(7-2)33(21-26-16-12-11-15-24(26)4)30(35)22-34(27-17-13-14-23(3)20-27)39(37,38)28-18-9-8-10-19-28/h8-20,25,29H,6-7,21-22H2,1-5H3,(H,32,36)/t25-,29-/m1/s1. The van der Waals surface area contributed by atoms with Crippen molar-refractivity contribution in [2.45, 2.75) is 71.0 Å². The normalized spacial score (nSPS) is 12.8. The average Bonchev–Trinajstić information content (AvgIpc) is 2.92. The van der Waals surface area contributed by atoms with Gasteiger partial charge in [0.1, 0.15) is 12.6 Å². The molecule has 3 aromatic rings. The molecule has 0 saturated heterocycles. The van der Waals surface area contributed by atoms with Gasteiger partial charge in [-0.25, -0.2) is 8.42 Å². The molecule has 0 spiro atoms. The highest BCUT2D eigenvalue weighted by Crippen LogP contribution is 2.26. The van der Waals surface area contributed by atoms with Crippen LogP contribution in [-0.4, -0.2) is 43.8 Å². The zero-order valence-electron chi connectivity index (χ0n) is 23.4. The SMILES string of the molecule is CC[C@@H](C)NC(=O)[C@@H](CC)N(Cc1ccccc1C)C(=O)CN(c1cccc(C)c1)S(=O)(=O)c1ccccc1. The van der Waals surface area contributed by atoms with Gasteiger partial charge < -0.3 is 10.2 Å². The first-order valence-corrected chi connectivity index (χ1v) is 14.8. The molecule has 0 aliphatic rings. The van der Waals surface area contributed by atoms with Crippen molar-refractivity contribution in [2.24, 2.45) is 0 Å². The smallest absolute Gasteiger partial charge is 0.264 e. The van der Waals surface area contributed by atoms with E-state index in [1.54, 1.807) is 36.4 Å². The summed E-state index contributed by atoms with van der Waals surface area (Å²) < 4.78 is 28.8. The summed E-state index contributed by atoms with van der Waals surface area (Å²) >= 11 is 0. The molecule has 0 unspecified atom stereocenters. The molecule has 0 aliphatic carbocycles. The van der Waals surface area contributed by atoms with E-state index in [4.69, 9.17) is 0 Å². The zero-order valence-corrected chi connectivity index (χ0v) is 24.2. The Hall–Kier alpha value is -3.65. The van der Waals surface area contributed by atoms with Crippen LogP contribution in [0, 0.1) is 13.8 Å². The van der Waals surface area contributed by atoms with Gasteiger partial charge in [-0.15, -0.1) is 0 Å². The van der Waals surface area contributed by atoms with Crippen molar-refractivity contribution in [3.05, 3.63) is 95.6 Å². The van der Waals surface area contributed by atoms with Crippen LogP contribution in [0.4, 0.5) is 5.69 Å². The Morgan fingerprint density at radius 3 is 2.15 bits per heavy atom. The minimum Gasteiger partial charge on any atom is -0.352 e. The molecule has 0 saturated carbocycles. The number of hydrogen-bond acceptors (Lipinski definition) is 4. The minimum absolute atomic E-state index is 0.0517. The van der Waals surface area contributed by atoms with E-state index in [0.29, 0.717) is 12.1 Å². The number of benzene rings is 3. The van der Waals surface area contributed by atoms with E-state index in [9.17, 15) is 18.0 Å². The summed E-state index contributed by atoms with van der Waals surface area (Å²) in [6, 6.07) is 22.0. The zero-order chi connectivity index (χ0) is 28.6. The van der Waals surface area contributed by atoms with Crippen LogP contribution in [-0.2, 0) is 26.2 Å². The van der Waals surface area contributed by atoms with Crippen LogP contribution in [0.1, 0.15) is 50.3 Å². The van der Waals surface area contributed by atoms with Gasteiger partial charge in [0, 0.05) is 12.6 Å². The fraction of sp³-hybridized carbons (Fsp3) is 0.355. The Kier molecular flexibility index (Phi) is 10.3. The number of sulfonamides is 1. The molecule has 3 aromatic carbocycles. The summed E-state index contributed by atoms with van der Waals surface area (Å²) in [6.45, 7) is 9.33. The molecule has 1 N–H and O–H groups in total. The predicted molar refractivity (Wildman–Crippen MR) is 156 cm³/mol. The van der Waals surface area contributed by atoms with E-state index in [2.05, 4.69) is 5.32 Å². The quantitative estimate of drug-likeness (QED) is 0.336. The maximum absolute atomic E-state index is 14.1. The summed E-state index contributed by atoms with van der Waals surface area (Å²) in [4.78, 5) is 29.1. The number of amides is 2. The van der Waals surface area contributed by atoms with Crippen molar-refractivity contribution >= 4 is 27.5 Å². The molecule has 8 heteroatoms. The summed E-state index contributed by atoms with van der Waals surface area (Å²) in [5.74, 6) is -0.702. The number of hydrogen-bond donors (Lipinski definition) is 1. The Bertz CT molecular complexity index is 1380. The van der Waals surface area contributed by atoms with E-state index in [1.165, 1.54) is 17.0 Å². The average molecular weight is 550 g/mol. The van der Waals surface area contributed by atoms with Crippen LogP contribution in [0.3, 0.4) is 0 Å². The molecule has 0 aliphatic heterocycles. The fourth-order valence-corrected chi connectivity index (χ4v) is 5.79. The Labute approximate surface area is 232 Å². The second kappa shape index (κ2) is 13.4. The highest BCUT2D eigenvalue weighted by molar-refractivity contribution is 7.92. The summed E-state index contributed by atoms with van der Waals surface area (Å²) in [5, 5.41) is 3.00. The van der Waals surface area contributed by atoms with Gasteiger partial charge in [-0.3, -0.25) is 13.9 Å². The molecule has 7 nitrogen and oxygen atoms in total. The van der Waals surface area contributed by atoms with Crippen LogP contribution in [0.2, 0.25) is 0 Å². The number of rotatable bonds is 12. The second-order valence-corrected chi connectivity index (χ2v) is 11.7. The van der Waals surface area contributed by atoms with Crippen molar-refractivity contribution in [1.29, 1.82) is 0 Å². The highest BCUT2D eigenvalue weighted by Gasteiger charge is 2.34.